The third kappa shape index (κ3) is 1.63. The molecule has 0 spiro atoms. The van der Waals surface area contributed by atoms with Gasteiger partial charge in [0.05, 0.1) is 7.11 Å². The fourth-order valence-electron chi connectivity index (χ4n) is 6.02. The molecule has 5 aliphatic carbocycles. The second-order valence-corrected chi connectivity index (χ2v) is 7.66. The molecule has 0 heterocycles. The van der Waals surface area contributed by atoms with Crippen LogP contribution in [0, 0.1) is 35.5 Å². The van der Waals surface area contributed by atoms with Gasteiger partial charge in [0, 0.05) is 0 Å². The average molecular weight is 263 g/mol. The molecule has 3 heteroatoms. The molecule has 0 aromatic heterocycles. The summed E-state index contributed by atoms with van der Waals surface area (Å²) in [6.07, 6.45) is 8.96. The lowest BCUT2D eigenvalue weighted by molar-refractivity contribution is -0.160. The molecular formula is C16H25NO2. The molecule has 0 aliphatic heterocycles. The maximum Gasteiger partial charge on any atom is 0.326 e. The molecule has 0 aromatic rings. The van der Waals surface area contributed by atoms with Crippen LogP contribution < -0.4 is 5.73 Å². The SMILES string of the molecule is COC(=O)C(N)(C1CC1)C1C2CC3CC(C2)CC1C3. The van der Waals surface area contributed by atoms with E-state index in [0.717, 1.165) is 24.7 Å². The first-order valence-corrected chi connectivity index (χ1v) is 8.00. The molecule has 5 saturated carbocycles. The van der Waals surface area contributed by atoms with Crippen LogP contribution in [0.1, 0.15) is 44.9 Å². The lowest BCUT2D eigenvalue weighted by atomic mass is 9.47. The van der Waals surface area contributed by atoms with Gasteiger partial charge in [-0.05, 0) is 80.5 Å². The Morgan fingerprint density at radius 3 is 2.00 bits per heavy atom. The van der Waals surface area contributed by atoms with E-state index in [2.05, 4.69) is 0 Å². The topological polar surface area (TPSA) is 52.3 Å². The summed E-state index contributed by atoms with van der Waals surface area (Å²) in [5, 5.41) is 0. The number of rotatable bonds is 3. The van der Waals surface area contributed by atoms with Crippen LogP contribution in [0.4, 0.5) is 0 Å². The van der Waals surface area contributed by atoms with Gasteiger partial charge < -0.3 is 10.5 Å². The van der Waals surface area contributed by atoms with Crippen LogP contribution in [0.5, 0.6) is 0 Å². The van der Waals surface area contributed by atoms with Crippen molar-refractivity contribution in [3.05, 3.63) is 0 Å². The molecule has 4 bridgehead atoms. The van der Waals surface area contributed by atoms with E-state index in [4.69, 9.17) is 10.5 Å². The van der Waals surface area contributed by atoms with Crippen molar-refractivity contribution in [1.82, 2.24) is 0 Å². The van der Waals surface area contributed by atoms with Gasteiger partial charge in [-0.15, -0.1) is 0 Å². The van der Waals surface area contributed by atoms with Gasteiger partial charge >= 0.3 is 5.97 Å². The van der Waals surface area contributed by atoms with E-state index in [9.17, 15) is 4.79 Å². The Bertz CT molecular complexity index is 376. The van der Waals surface area contributed by atoms with E-state index in [1.807, 2.05) is 0 Å². The molecule has 5 rings (SSSR count). The van der Waals surface area contributed by atoms with Crippen molar-refractivity contribution in [1.29, 1.82) is 0 Å². The predicted octanol–water partition coefficient (Wildman–Crippen LogP) is 2.34. The van der Waals surface area contributed by atoms with E-state index >= 15 is 0 Å². The summed E-state index contributed by atoms with van der Waals surface area (Å²) in [6, 6.07) is 0. The monoisotopic (exact) mass is 263 g/mol. The Hall–Kier alpha value is -0.570. The molecule has 5 fully saturated rings. The van der Waals surface area contributed by atoms with Crippen molar-refractivity contribution in [2.24, 2.45) is 41.2 Å². The quantitative estimate of drug-likeness (QED) is 0.795. The van der Waals surface area contributed by atoms with Crippen LogP contribution in [0.2, 0.25) is 0 Å². The zero-order chi connectivity index (χ0) is 13.2. The van der Waals surface area contributed by atoms with E-state index in [1.165, 1.54) is 39.2 Å². The molecule has 1 unspecified atom stereocenters. The first-order valence-electron chi connectivity index (χ1n) is 8.00. The van der Waals surface area contributed by atoms with Gasteiger partial charge in [-0.3, -0.25) is 4.79 Å². The van der Waals surface area contributed by atoms with Crippen molar-refractivity contribution in [2.75, 3.05) is 7.11 Å². The fourth-order valence-corrected chi connectivity index (χ4v) is 6.02. The van der Waals surface area contributed by atoms with Gasteiger partial charge in [0.15, 0.2) is 0 Å². The maximum atomic E-state index is 12.4. The van der Waals surface area contributed by atoms with Crippen LogP contribution in [-0.4, -0.2) is 18.6 Å². The summed E-state index contributed by atoms with van der Waals surface area (Å²) in [6.45, 7) is 0. The molecule has 0 saturated heterocycles. The number of esters is 1. The Morgan fingerprint density at radius 1 is 1.05 bits per heavy atom. The normalized spacial score (nSPS) is 46.9. The number of hydrogen-bond acceptors (Lipinski definition) is 3. The number of methoxy groups -OCH3 is 1. The number of hydrogen-bond donors (Lipinski definition) is 1. The lowest BCUT2D eigenvalue weighted by Gasteiger charge is -2.58. The van der Waals surface area contributed by atoms with E-state index in [-0.39, 0.29) is 5.97 Å². The number of carbonyl (C=O) groups excluding carboxylic acids is 1. The largest absolute Gasteiger partial charge is 0.468 e. The number of ether oxygens (including phenoxy) is 1. The van der Waals surface area contributed by atoms with Crippen molar-refractivity contribution < 1.29 is 9.53 Å². The Balaban J connectivity index is 1.68. The summed E-state index contributed by atoms with van der Waals surface area (Å²) < 4.78 is 5.11. The first kappa shape index (κ1) is 12.2. The van der Waals surface area contributed by atoms with E-state index in [0.29, 0.717) is 23.7 Å². The van der Waals surface area contributed by atoms with Gasteiger partial charge in [-0.25, -0.2) is 0 Å². The van der Waals surface area contributed by atoms with Crippen molar-refractivity contribution in [3.8, 4) is 0 Å². The van der Waals surface area contributed by atoms with Crippen molar-refractivity contribution >= 4 is 5.97 Å². The third-order valence-electron chi connectivity index (χ3n) is 6.57. The molecule has 19 heavy (non-hydrogen) atoms. The van der Waals surface area contributed by atoms with Gasteiger partial charge in [-0.1, -0.05) is 0 Å². The number of nitrogens with two attached hydrogens (primary N) is 1. The molecule has 3 nitrogen and oxygen atoms in total. The smallest absolute Gasteiger partial charge is 0.326 e. The molecular weight excluding hydrogens is 238 g/mol. The summed E-state index contributed by atoms with van der Waals surface area (Å²) in [4.78, 5) is 12.4. The Morgan fingerprint density at radius 2 is 1.58 bits per heavy atom. The van der Waals surface area contributed by atoms with Crippen LogP contribution in [0.25, 0.3) is 0 Å². The summed E-state index contributed by atoms with van der Waals surface area (Å²) in [5.74, 6) is 3.91. The maximum absolute atomic E-state index is 12.4. The van der Waals surface area contributed by atoms with Crippen molar-refractivity contribution in [3.63, 3.8) is 0 Å². The summed E-state index contributed by atoms with van der Waals surface area (Å²) in [5.41, 5.74) is 6.04. The van der Waals surface area contributed by atoms with E-state index in [1.54, 1.807) is 0 Å². The van der Waals surface area contributed by atoms with Gasteiger partial charge in [0.25, 0.3) is 0 Å². The zero-order valence-corrected chi connectivity index (χ0v) is 11.8. The standard InChI is InChI=1S/C16H25NO2/c1-19-15(18)16(17,13-2-3-13)14-11-5-9-4-10(7-11)8-12(14)6-9/h9-14H,2-8,17H2,1H3. The van der Waals surface area contributed by atoms with Gasteiger partial charge in [0.1, 0.15) is 5.54 Å². The zero-order valence-electron chi connectivity index (χ0n) is 11.8. The Labute approximate surface area is 115 Å². The molecule has 1 atom stereocenters. The molecule has 0 aromatic carbocycles. The Kier molecular flexibility index (Phi) is 2.55. The van der Waals surface area contributed by atoms with Gasteiger partial charge in [-0.2, -0.15) is 0 Å². The average Bonchev–Trinajstić information content (AvgIpc) is 3.20. The van der Waals surface area contributed by atoms with Gasteiger partial charge in [0.2, 0.25) is 0 Å². The van der Waals surface area contributed by atoms with Crippen molar-refractivity contribution in [2.45, 2.75) is 50.5 Å². The second kappa shape index (κ2) is 3.97. The van der Waals surface area contributed by atoms with E-state index < -0.39 is 5.54 Å². The second-order valence-electron chi connectivity index (χ2n) is 7.66. The third-order valence-corrected chi connectivity index (χ3v) is 6.57. The van der Waals surface area contributed by atoms with Crippen LogP contribution >= 0.6 is 0 Å². The highest BCUT2D eigenvalue weighted by atomic mass is 16.5. The highest BCUT2D eigenvalue weighted by molar-refractivity contribution is 5.82. The highest BCUT2D eigenvalue weighted by Crippen LogP contribution is 2.61. The molecule has 0 radical (unpaired) electrons. The predicted molar refractivity (Wildman–Crippen MR) is 72.2 cm³/mol. The van der Waals surface area contributed by atoms with Crippen LogP contribution in [-0.2, 0) is 9.53 Å². The molecule has 2 N–H and O–H groups in total. The first-order chi connectivity index (χ1) is 9.12. The van der Waals surface area contributed by atoms with Crippen LogP contribution in [0.15, 0.2) is 0 Å². The lowest BCUT2D eigenvalue weighted by Crippen LogP contribution is -2.64. The van der Waals surface area contributed by atoms with Crippen LogP contribution in [0.3, 0.4) is 0 Å². The molecule has 106 valence electrons. The fraction of sp³-hybridized carbons (Fsp3) is 0.938. The number of carbonyl (C=O) groups is 1. The summed E-state index contributed by atoms with van der Waals surface area (Å²) >= 11 is 0. The summed E-state index contributed by atoms with van der Waals surface area (Å²) in [7, 11) is 1.50. The molecule has 0 amide bonds. The molecule has 5 aliphatic rings. The minimum atomic E-state index is -0.669. The highest BCUT2D eigenvalue weighted by Gasteiger charge is 2.62. The minimum absolute atomic E-state index is 0.132. The minimum Gasteiger partial charge on any atom is -0.468 e.